The van der Waals surface area contributed by atoms with Crippen LogP contribution in [0.1, 0.15) is 10.4 Å². The Labute approximate surface area is 165 Å². The average Bonchev–Trinajstić information content (AvgIpc) is 2.69. The number of anilines is 1. The van der Waals surface area contributed by atoms with E-state index in [1.54, 1.807) is 41.2 Å². The number of carbonyl (C=O) groups excluding carboxylic acids is 2. The lowest BCUT2D eigenvalue weighted by Gasteiger charge is -2.34. The van der Waals surface area contributed by atoms with Gasteiger partial charge in [-0.1, -0.05) is 6.07 Å². The van der Waals surface area contributed by atoms with Crippen molar-refractivity contribution in [2.75, 3.05) is 38.6 Å². The summed E-state index contributed by atoms with van der Waals surface area (Å²) in [5.74, 6) is 0.156. The zero-order valence-electron chi connectivity index (χ0n) is 14.7. The summed E-state index contributed by atoms with van der Waals surface area (Å²) < 4.78 is 18.8. The van der Waals surface area contributed by atoms with Crippen molar-refractivity contribution in [3.05, 3.63) is 58.3 Å². The molecule has 1 saturated heterocycles. The number of methoxy groups -OCH3 is 1. The van der Waals surface area contributed by atoms with Gasteiger partial charge >= 0.3 is 6.03 Å². The highest BCUT2D eigenvalue weighted by atomic mass is 79.9. The van der Waals surface area contributed by atoms with E-state index in [1.807, 2.05) is 0 Å². The summed E-state index contributed by atoms with van der Waals surface area (Å²) in [7, 11) is 1.56. The molecule has 3 rings (SSSR count). The molecule has 0 bridgehead atoms. The smallest absolute Gasteiger partial charge is 0.321 e. The molecule has 2 aromatic rings. The summed E-state index contributed by atoms with van der Waals surface area (Å²) in [6, 6.07) is 10.8. The number of carbonyl (C=O) groups is 2. The number of hydrogen-bond donors (Lipinski definition) is 1. The zero-order valence-corrected chi connectivity index (χ0v) is 16.3. The number of halogens is 2. The molecule has 0 aromatic heterocycles. The fraction of sp³-hybridized carbons (Fsp3) is 0.263. The van der Waals surface area contributed by atoms with Crippen LogP contribution in [0.3, 0.4) is 0 Å². The van der Waals surface area contributed by atoms with Gasteiger partial charge in [0.1, 0.15) is 11.6 Å². The van der Waals surface area contributed by atoms with Crippen LogP contribution in [-0.2, 0) is 0 Å². The first-order valence-corrected chi connectivity index (χ1v) is 9.21. The summed E-state index contributed by atoms with van der Waals surface area (Å²) >= 11 is 3.23. The van der Waals surface area contributed by atoms with Crippen LogP contribution in [-0.4, -0.2) is 55.0 Å². The van der Waals surface area contributed by atoms with E-state index in [4.69, 9.17) is 4.74 Å². The van der Waals surface area contributed by atoms with Crippen LogP contribution < -0.4 is 10.1 Å². The molecule has 0 radical (unpaired) electrons. The fourth-order valence-corrected chi connectivity index (χ4v) is 3.29. The van der Waals surface area contributed by atoms with Crippen LogP contribution in [0, 0.1) is 5.82 Å². The predicted molar refractivity (Wildman–Crippen MR) is 104 cm³/mol. The number of urea groups is 1. The minimum Gasteiger partial charge on any atom is -0.497 e. The molecule has 2 aromatic carbocycles. The average molecular weight is 436 g/mol. The van der Waals surface area contributed by atoms with Crippen LogP contribution >= 0.6 is 15.9 Å². The number of piperazine rings is 1. The Hall–Kier alpha value is -2.61. The number of nitrogens with zero attached hydrogens (tertiary/aromatic N) is 2. The zero-order chi connectivity index (χ0) is 19.4. The molecule has 1 heterocycles. The third-order valence-corrected chi connectivity index (χ3v) is 5.00. The highest BCUT2D eigenvalue weighted by Crippen LogP contribution is 2.23. The first-order valence-electron chi connectivity index (χ1n) is 8.42. The maximum Gasteiger partial charge on any atom is 0.321 e. The molecule has 0 spiro atoms. The van der Waals surface area contributed by atoms with E-state index in [-0.39, 0.29) is 17.8 Å². The van der Waals surface area contributed by atoms with E-state index in [1.165, 1.54) is 18.2 Å². The number of benzene rings is 2. The Balaban J connectivity index is 1.57. The quantitative estimate of drug-likeness (QED) is 0.800. The molecular formula is C19H19BrFN3O3. The Bertz CT molecular complexity index is 854. The second-order valence-electron chi connectivity index (χ2n) is 6.07. The van der Waals surface area contributed by atoms with Crippen molar-refractivity contribution in [1.82, 2.24) is 9.80 Å². The van der Waals surface area contributed by atoms with Gasteiger partial charge in [0.25, 0.3) is 5.91 Å². The van der Waals surface area contributed by atoms with E-state index in [0.717, 1.165) is 0 Å². The van der Waals surface area contributed by atoms with E-state index < -0.39 is 0 Å². The molecule has 8 heteroatoms. The fourth-order valence-electron chi connectivity index (χ4n) is 2.84. The van der Waals surface area contributed by atoms with Gasteiger partial charge in [0, 0.05) is 36.2 Å². The van der Waals surface area contributed by atoms with Gasteiger partial charge in [-0.25, -0.2) is 9.18 Å². The number of nitrogens with one attached hydrogen (secondary N) is 1. The van der Waals surface area contributed by atoms with Gasteiger partial charge in [-0.2, -0.15) is 0 Å². The lowest BCUT2D eigenvalue weighted by Crippen LogP contribution is -2.51. The summed E-state index contributed by atoms with van der Waals surface area (Å²) in [6.07, 6.45) is 0. The van der Waals surface area contributed by atoms with Crippen LogP contribution in [0.5, 0.6) is 5.75 Å². The molecule has 0 unspecified atom stereocenters. The van der Waals surface area contributed by atoms with Gasteiger partial charge in [-0.05, 0) is 52.3 Å². The summed E-state index contributed by atoms with van der Waals surface area (Å²) in [4.78, 5) is 28.4. The Kier molecular flexibility index (Phi) is 5.95. The molecule has 6 nitrogen and oxygen atoms in total. The third-order valence-electron chi connectivity index (χ3n) is 4.34. The van der Waals surface area contributed by atoms with Gasteiger partial charge in [0.2, 0.25) is 0 Å². The van der Waals surface area contributed by atoms with E-state index in [0.29, 0.717) is 47.7 Å². The van der Waals surface area contributed by atoms with Crippen molar-refractivity contribution in [2.24, 2.45) is 0 Å². The molecule has 0 atom stereocenters. The minimum atomic E-state index is -0.385. The minimum absolute atomic E-state index is 0.0877. The highest BCUT2D eigenvalue weighted by Gasteiger charge is 2.25. The molecule has 1 N–H and O–H groups in total. The lowest BCUT2D eigenvalue weighted by atomic mass is 10.1. The SMILES string of the molecule is COc1cccc(C(=O)N2CCN(C(=O)Nc3ccc(F)cc3Br)CC2)c1. The van der Waals surface area contributed by atoms with E-state index in [9.17, 15) is 14.0 Å². The molecule has 27 heavy (non-hydrogen) atoms. The summed E-state index contributed by atoms with van der Waals surface area (Å²) in [5.41, 5.74) is 1.05. The lowest BCUT2D eigenvalue weighted by molar-refractivity contribution is 0.0671. The second kappa shape index (κ2) is 8.39. The van der Waals surface area contributed by atoms with Crippen molar-refractivity contribution in [2.45, 2.75) is 0 Å². The Morgan fingerprint density at radius 3 is 2.44 bits per heavy atom. The van der Waals surface area contributed by atoms with Gasteiger partial charge in [0.05, 0.1) is 12.8 Å². The molecule has 3 amide bonds. The Morgan fingerprint density at radius 1 is 1.07 bits per heavy atom. The molecule has 1 aliphatic heterocycles. The Morgan fingerprint density at radius 2 is 1.78 bits per heavy atom. The van der Waals surface area contributed by atoms with Gasteiger partial charge in [-0.3, -0.25) is 4.79 Å². The van der Waals surface area contributed by atoms with Crippen molar-refractivity contribution in [3.8, 4) is 5.75 Å². The molecule has 0 saturated carbocycles. The molecular weight excluding hydrogens is 417 g/mol. The first-order chi connectivity index (χ1) is 13.0. The first kappa shape index (κ1) is 19.2. The predicted octanol–water partition coefficient (Wildman–Crippen LogP) is 3.59. The number of hydrogen-bond acceptors (Lipinski definition) is 3. The van der Waals surface area contributed by atoms with Crippen LogP contribution in [0.25, 0.3) is 0 Å². The third kappa shape index (κ3) is 4.57. The highest BCUT2D eigenvalue weighted by molar-refractivity contribution is 9.10. The standard InChI is InChI=1S/C19H19BrFN3O3/c1-27-15-4-2-3-13(11-15)18(25)23-7-9-24(10-8-23)19(26)22-17-6-5-14(21)12-16(17)20/h2-6,11-12H,7-10H2,1H3,(H,22,26). The summed E-state index contributed by atoms with van der Waals surface area (Å²) in [5, 5.41) is 2.75. The van der Waals surface area contributed by atoms with Crippen molar-refractivity contribution < 1.29 is 18.7 Å². The second-order valence-corrected chi connectivity index (χ2v) is 6.92. The molecule has 0 aliphatic carbocycles. The summed E-state index contributed by atoms with van der Waals surface area (Å²) in [6.45, 7) is 1.71. The van der Waals surface area contributed by atoms with Gasteiger partial charge < -0.3 is 19.9 Å². The number of amides is 3. The van der Waals surface area contributed by atoms with Gasteiger partial charge in [0.15, 0.2) is 0 Å². The number of rotatable bonds is 3. The molecule has 142 valence electrons. The monoisotopic (exact) mass is 435 g/mol. The van der Waals surface area contributed by atoms with Crippen LogP contribution in [0.15, 0.2) is 46.9 Å². The van der Waals surface area contributed by atoms with Gasteiger partial charge in [-0.15, -0.1) is 0 Å². The van der Waals surface area contributed by atoms with Crippen molar-refractivity contribution >= 4 is 33.6 Å². The maximum atomic E-state index is 13.1. The topological polar surface area (TPSA) is 61.9 Å². The molecule has 1 aliphatic rings. The normalized spacial score (nSPS) is 14.0. The van der Waals surface area contributed by atoms with Crippen LogP contribution in [0.4, 0.5) is 14.9 Å². The van der Waals surface area contributed by atoms with Crippen molar-refractivity contribution in [3.63, 3.8) is 0 Å². The molecule has 1 fully saturated rings. The number of ether oxygens (including phenoxy) is 1. The largest absolute Gasteiger partial charge is 0.497 e. The maximum absolute atomic E-state index is 13.1. The van der Waals surface area contributed by atoms with Crippen LogP contribution in [0.2, 0.25) is 0 Å². The van der Waals surface area contributed by atoms with Crippen molar-refractivity contribution in [1.29, 1.82) is 0 Å². The van der Waals surface area contributed by atoms with E-state index >= 15 is 0 Å². The van der Waals surface area contributed by atoms with E-state index in [2.05, 4.69) is 21.2 Å².